The van der Waals surface area contributed by atoms with E-state index in [4.69, 9.17) is 0 Å². The Kier molecular flexibility index (Phi) is 111. The second-order valence-electron chi connectivity index (χ2n) is 42.4. The number of carbonyl (C=O) groups excluding carboxylic acids is 2. The SMILES string of the molecule is C.C.C1C2CC3CC1CC(C2)C3.C1CC1.C1CC2CC1C1C3CCC(C3)C21.C1CC2CCC1C2.C1CCC1.C1CCC2C(C1)CCC1C3CCCC3CCC21.C1CCCC1.C1CCCCC1.C1CCCCCC1.C1CCCCCCC1.C1CCCCCCCCCCC1.CC.CC.CC.CC.CC.CC.CC.CC.CC.CC.CC.CC.CC.O=C1CC2CCC1C2.O=C1CCCCC1. The molecule has 2 heteroatoms. The summed E-state index contributed by atoms with van der Waals surface area (Å²) in [6.45, 7) is 52.0. The van der Waals surface area contributed by atoms with E-state index in [1.807, 2.05) is 180 Å². The van der Waals surface area contributed by atoms with Crippen molar-refractivity contribution in [2.75, 3.05) is 0 Å². The number of Topliss-reactive ketones (excluding diaryl/α,β-unsaturated/α-hetero) is 2. The van der Waals surface area contributed by atoms with E-state index in [-0.39, 0.29) is 14.9 Å². The molecule has 0 amide bonds. The number of fused-ring (bicyclic) bond motifs is 18. The molecule has 2 nitrogen and oxygen atoms in total. The molecule has 0 spiro atoms. The van der Waals surface area contributed by atoms with Crippen LogP contribution in [-0.2, 0) is 9.59 Å². The summed E-state index contributed by atoms with van der Waals surface area (Å²) < 4.78 is 0. The fourth-order valence-corrected chi connectivity index (χ4v) is 28.1. The van der Waals surface area contributed by atoms with Crippen LogP contribution in [0.1, 0.15) is 721 Å². The lowest BCUT2D eigenvalue weighted by Gasteiger charge is -2.51. The van der Waals surface area contributed by atoms with Crippen LogP contribution < -0.4 is 0 Å². The molecule has 134 heavy (non-hydrogen) atoms. The zero-order valence-electron chi connectivity index (χ0n) is 97.3. The van der Waals surface area contributed by atoms with Crippen LogP contribution in [0.4, 0.5) is 0 Å². The van der Waals surface area contributed by atoms with Crippen molar-refractivity contribution in [3.05, 3.63) is 0 Å². The molecule has 0 radical (unpaired) electrons. The lowest BCUT2D eigenvalue weighted by atomic mass is 9.54. The van der Waals surface area contributed by atoms with Gasteiger partial charge < -0.3 is 0 Å². The summed E-state index contributed by atoms with van der Waals surface area (Å²) in [4.78, 5) is 21.3. The van der Waals surface area contributed by atoms with Crippen LogP contribution in [0.5, 0.6) is 0 Å². The Morgan fingerprint density at radius 1 is 0.149 bits per heavy atom. The minimum Gasteiger partial charge on any atom is -0.300 e. The van der Waals surface area contributed by atoms with Crippen LogP contribution in [0.3, 0.4) is 0 Å². The summed E-state index contributed by atoms with van der Waals surface area (Å²) in [5.41, 5.74) is 0. The first-order chi connectivity index (χ1) is 65.5. The molecule has 0 aromatic rings. The van der Waals surface area contributed by atoms with Gasteiger partial charge in [-0.15, -0.1) is 0 Å². The first-order valence-corrected chi connectivity index (χ1v) is 64.5. The molecule has 0 heterocycles. The maximum atomic E-state index is 10.8. The zero-order chi connectivity index (χ0) is 98.7. The van der Waals surface area contributed by atoms with Gasteiger partial charge in [-0.3, -0.25) is 9.59 Å². The van der Waals surface area contributed by atoms with E-state index in [1.54, 1.807) is 180 Å². The minimum absolute atomic E-state index is 0. The van der Waals surface area contributed by atoms with Gasteiger partial charge in [0, 0.05) is 25.2 Å². The average molecular weight is 1890 g/mol. The van der Waals surface area contributed by atoms with Crippen molar-refractivity contribution in [3.63, 3.8) is 0 Å². The molecule has 24 aliphatic carbocycles. The van der Waals surface area contributed by atoms with Gasteiger partial charge in [0.15, 0.2) is 0 Å². The van der Waals surface area contributed by atoms with E-state index in [1.165, 1.54) is 409 Å². The topological polar surface area (TPSA) is 34.1 Å². The van der Waals surface area contributed by atoms with Crippen molar-refractivity contribution in [2.45, 2.75) is 721 Å². The summed E-state index contributed by atoms with van der Waals surface area (Å²) in [6, 6.07) is 0. The normalized spacial score (nSPS) is 32.0. The van der Waals surface area contributed by atoms with Crippen LogP contribution >= 0.6 is 0 Å². The average Bonchev–Trinajstić information content (AvgIpc) is 1.56. The van der Waals surface area contributed by atoms with Crippen molar-refractivity contribution in [3.8, 4) is 0 Å². The number of ketones is 2. The Balaban J connectivity index is -0.000000445. The molecule has 24 aliphatic rings. The standard InChI is InChI=1S/C17H28.C12H18.C12H24.C10H16.C8H16.C7H10O.C7H12.C7H14.C6H10O.C6H12.C5H10.C4H8.C3H6.13C2H6.2CH4/c1-2-6-14-12(4-1)8-10-17-15-7-3-5-13(15)9-11-16(14)17;1-2-8-5-7(1)11-9-3-4-10(6-9)12(8)11;1-2-4-6-8-10-12-11-9-7-5-3-1;1-7-2-9-4-8(1)5-10(3-7)6-9;1-2-4-6-8-7-5-3-1;8-7-4-5-1-2-6(7)3-5;1-2-7-4-3-6(1)5-7;1-2-4-6-7-5-3-1;7-6-4-2-1-3-5-6;1-2-4-6-5-3-1;1-2-4-5-3-1;1-2-4-3-1;1-2-3-1;13*1-2;;/h12-17H,1-11H2;7-12H,1-6H2;1-12H2;7-10H,1-6H2;1-8H2;5-6H,1-4H2;6-7H,1-5H2;1-7H2;1-5H2;1-6H2;1-5H2;1-4H2;1-3H2;13*1-2H3;2*1H4. The Hall–Kier alpha value is -0.660. The van der Waals surface area contributed by atoms with E-state index in [9.17, 15) is 9.59 Å². The highest BCUT2D eigenvalue weighted by atomic mass is 16.1. The first kappa shape index (κ1) is 142. The van der Waals surface area contributed by atoms with Crippen molar-refractivity contribution >= 4 is 11.6 Å². The first-order valence-electron chi connectivity index (χ1n) is 64.5. The predicted molar refractivity (Wildman–Crippen MR) is 619 cm³/mol. The van der Waals surface area contributed by atoms with Gasteiger partial charge in [-0.1, -0.05) is 548 Å². The highest BCUT2D eigenvalue weighted by Gasteiger charge is 2.59. The molecular formula is C132H270O2. The molecule has 12 bridgehead atoms. The van der Waals surface area contributed by atoms with Crippen LogP contribution in [0.25, 0.3) is 0 Å². The lowest BCUT2D eigenvalue weighted by molar-refractivity contribution is -0.122. The zero-order valence-corrected chi connectivity index (χ0v) is 97.3. The number of rotatable bonds is 0. The van der Waals surface area contributed by atoms with Gasteiger partial charge in [-0.25, -0.2) is 0 Å². The Bertz CT molecular complexity index is 1990. The fourth-order valence-electron chi connectivity index (χ4n) is 28.1. The molecule has 24 saturated carbocycles. The van der Waals surface area contributed by atoms with Gasteiger partial charge in [0.2, 0.25) is 0 Å². The van der Waals surface area contributed by atoms with Crippen LogP contribution in [0.2, 0.25) is 0 Å². The molecular weight excluding hydrogens is 1620 g/mol. The maximum absolute atomic E-state index is 10.8. The number of carbonyl (C=O) groups is 2. The minimum atomic E-state index is 0. The highest BCUT2D eigenvalue weighted by Crippen LogP contribution is 2.67. The highest BCUT2D eigenvalue weighted by molar-refractivity contribution is 5.84. The van der Waals surface area contributed by atoms with E-state index in [0.717, 1.165) is 49.9 Å². The van der Waals surface area contributed by atoms with Gasteiger partial charge >= 0.3 is 0 Å². The van der Waals surface area contributed by atoms with Crippen molar-refractivity contribution in [2.24, 2.45) is 118 Å². The third-order valence-electron chi connectivity index (χ3n) is 34.1. The second-order valence-corrected chi connectivity index (χ2v) is 42.4. The maximum Gasteiger partial charge on any atom is 0.136 e. The molecule has 0 aliphatic heterocycles. The third-order valence-corrected chi connectivity index (χ3v) is 34.1. The van der Waals surface area contributed by atoms with Gasteiger partial charge in [0.25, 0.3) is 0 Å². The van der Waals surface area contributed by atoms with Crippen molar-refractivity contribution < 1.29 is 9.59 Å². The predicted octanol–water partition coefficient (Wildman–Crippen LogP) is 48.2. The molecule has 0 aromatic carbocycles. The van der Waals surface area contributed by atoms with E-state index in [0.29, 0.717) is 17.5 Å². The largest absolute Gasteiger partial charge is 0.300 e. The molecule has 24 fully saturated rings. The molecule has 0 N–H and O–H groups in total. The van der Waals surface area contributed by atoms with Crippen LogP contribution in [0, 0.1) is 118 Å². The third kappa shape index (κ3) is 64.3. The van der Waals surface area contributed by atoms with Gasteiger partial charge in [0.05, 0.1) is 0 Å². The summed E-state index contributed by atoms with van der Waals surface area (Å²) in [5.74, 6) is 23.7. The quantitative estimate of drug-likeness (QED) is 0.179. The number of hydrogen-bond donors (Lipinski definition) is 0. The Morgan fingerprint density at radius 2 is 0.343 bits per heavy atom. The van der Waals surface area contributed by atoms with Crippen LogP contribution in [-0.4, -0.2) is 11.6 Å². The van der Waals surface area contributed by atoms with Gasteiger partial charge in [-0.05, 0) is 267 Å². The molecule has 810 valence electrons. The molecule has 12 unspecified atom stereocenters. The summed E-state index contributed by atoms with van der Waals surface area (Å²) in [5, 5.41) is 0. The Labute approximate surface area is 855 Å². The summed E-state index contributed by atoms with van der Waals surface area (Å²) in [7, 11) is 0. The smallest absolute Gasteiger partial charge is 0.136 e. The lowest BCUT2D eigenvalue weighted by Crippen LogP contribution is -2.43. The monoisotopic (exact) mass is 1890 g/mol. The van der Waals surface area contributed by atoms with E-state index < -0.39 is 0 Å². The molecule has 24 rings (SSSR count). The van der Waals surface area contributed by atoms with E-state index in [2.05, 4.69) is 0 Å². The van der Waals surface area contributed by atoms with Crippen LogP contribution in [0.15, 0.2) is 0 Å². The summed E-state index contributed by atoms with van der Waals surface area (Å²) in [6.07, 6.45) is 122. The van der Waals surface area contributed by atoms with E-state index >= 15 is 0 Å². The molecule has 0 aromatic heterocycles. The molecule has 0 saturated heterocycles. The Morgan fingerprint density at radius 3 is 0.522 bits per heavy atom. The van der Waals surface area contributed by atoms with Gasteiger partial charge in [0.1, 0.15) is 11.6 Å². The van der Waals surface area contributed by atoms with Gasteiger partial charge in [-0.2, -0.15) is 0 Å². The van der Waals surface area contributed by atoms with Crippen molar-refractivity contribution in [1.82, 2.24) is 0 Å². The number of hydrogen-bond acceptors (Lipinski definition) is 2. The van der Waals surface area contributed by atoms with Crippen molar-refractivity contribution in [1.29, 1.82) is 0 Å². The molecule has 12 atom stereocenters. The summed E-state index contributed by atoms with van der Waals surface area (Å²) >= 11 is 0. The fraction of sp³-hybridized carbons (Fsp3) is 0.985. The second kappa shape index (κ2) is 105.